The Kier molecular flexibility index (Phi) is 3.39. The van der Waals surface area contributed by atoms with Crippen molar-refractivity contribution in [3.63, 3.8) is 0 Å². The van der Waals surface area contributed by atoms with Crippen LogP contribution in [-0.4, -0.2) is 12.0 Å². The second-order valence-electron chi connectivity index (χ2n) is 5.27. The molecule has 0 radical (unpaired) electrons. The van der Waals surface area contributed by atoms with Crippen molar-refractivity contribution in [2.45, 2.75) is 25.8 Å². The lowest BCUT2D eigenvalue weighted by molar-refractivity contribution is 0.872. The summed E-state index contributed by atoms with van der Waals surface area (Å²) in [6.45, 7) is 0.765. The minimum absolute atomic E-state index is 0.684. The molecule has 1 aromatic carbocycles. The molecule has 0 saturated carbocycles. The zero-order valence-corrected chi connectivity index (χ0v) is 11.6. The molecule has 0 N–H and O–H groups in total. The summed E-state index contributed by atoms with van der Waals surface area (Å²) in [7, 11) is 2.00. The second-order valence-corrected chi connectivity index (χ2v) is 5.27. The number of nitrogens with zero attached hydrogens (tertiary/aromatic N) is 3. The Hall–Kier alpha value is -2.34. The van der Waals surface area contributed by atoms with Gasteiger partial charge in [-0.2, -0.15) is 5.26 Å². The van der Waals surface area contributed by atoms with Gasteiger partial charge in [-0.1, -0.05) is 30.3 Å². The van der Waals surface area contributed by atoms with Crippen LogP contribution in [0.4, 0.5) is 5.82 Å². The molecular weight excluding hydrogens is 246 g/mol. The average Bonchev–Trinajstić information content (AvgIpc) is 2.94. The number of anilines is 1. The predicted octanol–water partition coefficient (Wildman–Crippen LogP) is 3.08. The van der Waals surface area contributed by atoms with E-state index in [-0.39, 0.29) is 0 Å². The Bertz CT molecular complexity index is 656. The van der Waals surface area contributed by atoms with Crippen LogP contribution >= 0.6 is 0 Å². The first-order chi connectivity index (χ1) is 9.78. The number of benzene rings is 1. The van der Waals surface area contributed by atoms with Crippen molar-refractivity contribution < 1.29 is 0 Å². The van der Waals surface area contributed by atoms with Gasteiger partial charge in [0.1, 0.15) is 11.9 Å². The molecule has 100 valence electrons. The van der Waals surface area contributed by atoms with E-state index in [0.29, 0.717) is 5.56 Å². The quantitative estimate of drug-likeness (QED) is 0.854. The smallest absolute Gasteiger partial charge is 0.146 e. The third kappa shape index (κ3) is 2.37. The Balaban J connectivity index is 1.91. The molecule has 1 aliphatic rings. The molecule has 20 heavy (non-hydrogen) atoms. The number of hydrogen-bond donors (Lipinski definition) is 0. The highest BCUT2D eigenvalue weighted by Gasteiger charge is 2.18. The van der Waals surface area contributed by atoms with E-state index in [1.54, 1.807) is 0 Å². The van der Waals surface area contributed by atoms with E-state index in [0.717, 1.165) is 31.6 Å². The van der Waals surface area contributed by atoms with E-state index < -0.39 is 0 Å². The summed E-state index contributed by atoms with van der Waals surface area (Å²) < 4.78 is 0. The van der Waals surface area contributed by atoms with E-state index in [9.17, 15) is 5.26 Å². The highest BCUT2D eigenvalue weighted by Crippen LogP contribution is 2.27. The molecule has 0 saturated heterocycles. The van der Waals surface area contributed by atoms with Crippen LogP contribution in [0.2, 0.25) is 0 Å². The number of fused-ring (bicyclic) bond motifs is 1. The van der Waals surface area contributed by atoms with Crippen LogP contribution in [0.25, 0.3) is 0 Å². The van der Waals surface area contributed by atoms with E-state index in [1.165, 1.54) is 16.8 Å². The Morgan fingerprint density at radius 3 is 2.80 bits per heavy atom. The first-order valence-electron chi connectivity index (χ1n) is 6.96. The molecule has 1 aromatic heterocycles. The van der Waals surface area contributed by atoms with Crippen molar-refractivity contribution in [1.82, 2.24) is 4.98 Å². The standard InChI is InChI=1S/C17H17N3/c1-20(12-13-6-3-2-4-7-13)17-15(11-18)10-14-8-5-9-16(14)19-17/h2-4,6-7,10H,5,8-9,12H2,1H3. The number of aromatic nitrogens is 1. The van der Waals surface area contributed by atoms with Crippen molar-refractivity contribution >= 4 is 5.82 Å². The summed E-state index contributed by atoms with van der Waals surface area (Å²) in [5, 5.41) is 9.35. The minimum atomic E-state index is 0.684. The fourth-order valence-corrected chi connectivity index (χ4v) is 2.77. The van der Waals surface area contributed by atoms with Crippen LogP contribution in [0.3, 0.4) is 0 Å². The Morgan fingerprint density at radius 2 is 2.05 bits per heavy atom. The summed E-state index contributed by atoms with van der Waals surface area (Å²) in [4.78, 5) is 6.79. The number of hydrogen-bond acceptors (Lipinski definition) is 3. The fraction of sp³-hybridized carbons (Fsp3) is 0.294. The van der Waals surface area contributed by atoms with Crippen LogP contribution in [0.15, 0.2) is 36.4 Å². The van der Waals surface area contributed by atoms with Crippen LogP contribution < -0.4 is 4.90 Å². The highest BCUT2D eigenvalue weighted by atomic mass is 15.2. The number of nitriles is 1. The third-order valence-electron chi connectivity index (χ3n) is 3.78. The molecule has 0 aliphatic heterocycles. The van der Waals surface area contributed by atoms with Gasteiger partial charge >= 0.3 is 0 Å². The van der Waals surface area contributed by atoms with Crippen molar-refractivity contribution in [3.05, 3.63) is 58.8 Å². The molecule has 0 unspecified atom stereocenters. The molecule has 0 atom stereocenters. The largest absolute Gasteiger partial charge is 0.354 e. The van der Waals surface area contributed by atoms with Crippen molar-refractivity contribution in [1.29, 1.82) is 5.26 Å². The van der Waals surface area contributed by atoms with Gasteiger partial charge in [-0.25, -0.2) is 4.98 Å². The number of rotatable bonds is 3. The molecule has 1 heterocycles. The van der Waals surface area contributed by atoms with Crippen molar-refractivity contribution in [2.75, 3.05) is 11.9 Å². The van der Waals surface area contributed by atoms with Gasteiger partial charge in [0.2, 0.25) is 0 Å². The summed E-state index contributed by atoms with van der Waals surface area (Å²) in [5.74, 6) is 0.803. The van der Waals surface area contributed by atoms with Gasteiger partial charge in [0.05, 0.1) is 5.56 Å². The molecule has 0 amide bonds. The normalized spacial score (nSPS) is 12.8. The zero-order chi connectivity index (χ0) is 13.9. The molecule has 3 nitrogen and oxygen atoms in total. The fourth-order valence-electron chi connectivity index (χ4n) is 2.77. The summed E-state index contributed by atoms with van der Waals surface area (Å²) >= 11 is 0. The highest BCUT2D eigenvalue weighted by molar-refractivity contribution is 5.56. The monoisotopic (exact) mass is 263 g/mol. The number of pyridine rings is 1. The molecule has 0 fully saturated rings. The SMILES string of the molecule is CN(Cc1ccccc1)c1nc2c(cc1C#N)CCC2. The molecule has 0 spiro atoms. The predicted molar refractivity (Wildman–Crippen MR) is 79.5 cm³/mol. The molecule has 1 aliphatic carbocycles. The first-order valence-corrected chi connectivity index (χ1v) is 6.96. The van der Waals surface area contributed by atoms with E-state index in [4.69, 9.17) is 4.98 Å². The van der Waals surface area contributed by atoms with Gasteiger partial charge < -0.3 is 4.90 Å². The van der Waals surface area contributed by atoms with Crippen LogP contribution in [-0.2, 0) is 19.4 Å². The summed E-state index contributed by atoms with van der Waals surface area (Å²) in [6, 6.07) is 14.6. The lowest BCUT2D eigenvalue weighted by Crippen LogP contribution is -2.19. The van der Waals surface area contributed by atoms with Gasteiger partial charge in [-0.15, -0.1) is 0 Å². The van der Waals surface area contributed by atoms with Gasteiger partial charge in [0.15, 0.2) is 0 Å². The van der Waals surface area contributed by atoms with Gasteiger partial charge in [0.25, 0.3) is 0 Å². The second kappa shape index (κ2) is 5.34. The molecule has 0 bridgehead atoms. The van der Waals surface area contributed by atoms with Crippen LogP contribution in [0.1, 0.15) is 28.8 Å². The zero-order valence-electron chi connectivity index (χ0n) is 11.6. The summed E-state index contributed by atoms with van der Waals surface area (Å²) in [6.07, 6.45) is 3.24. The van der Waals surface area contributed by atoms with Crippen molar-refractivity contribution in [3.8, 4) is 6.07 Å². The molecule has 3 rings (SSSR count). The first kappa shape index (κ1) is 12.7. The van der Waals surface area contributed by atoms with Crippen LogP contribution in [0, 0.1) is 11.3 Å². The lowest BCUT2D eigenvalue weighted by atomic mass is 10.1. The van der Waals surface area contributed by atoms with E-state index >= 15 is 0 Å². The van der Waals surface area contributed by atoms with Crippen LogP contribution in [0.5, 0.6) is 0 Å². The van der Waals surface area contributed by atoms with Crippen molar-refractivity contribution in [2.24, 2.45) is 0 Å². The van der Waals surface area contributed by atoms with Gasteiger partial charge in [-0.3, -0.25) is 0 Å². The maximum absolute atomic E-state index is 9.35. The number of aryl methyl sites for hydroxylation is 2. The molecule has 3 heteroatoms. The van der Waals surface area contributed by atoms with Gasteiger partial charge in [0, 0.05) is 19.3 Å². The van der Waals surface area contributed by atoms with E-state index in [1.807, 2.05) is 31.3 Å². The Morgan fingerprint density at radius 1 is 1.25 bits per heavy atom. The maximum atomic E-state index is 9.35. The lowest BCUT2D eigenvalue weighted by Gasteiger charge is -2.20. The molecule has 2 aromatic rings. The minimum Gasteiger partial charge on any atom is -0.354 e. The average molecular weight is 263 g/mol. The molecular formula is C17H17N3. The Labute approximate surface area is 119 Å². The van der Waals surface area contributed by atoms with E-state index in [2.05, 4.69) is 23.1 Å². The van der Waals surface area contributed by atoms with Gasteiger partial charge in [-0.05, 0) is 36.5 Å². The summed E-state index contributed by atoms with van der Waals surface area (Å²) in [5.41, 5.74) is 4.32. The maximum Gasteiger partial charge on any atom is 0.146 e. The third-order valence-corrected chi connectivity index (χ3v) is 3.78. The topological polar surface area (TPSA) is 39.9 Å².